The second-order valence-electron chi connectivity index (χ2n) is 4.48. The van der Waals surface area contributed by atoms with Crippen LogP contribution in [-0.4, -0.2) is 28.6 Å². The summed E-state index contributed by atoms with van der Waals surface area (Å²) in [5.74, 6) is 0.452. The first-order chi connectivity index (χ1) is 10.2. The average Bonchev–Trinajstić information content (AvgIpc) is 2.99. The number of aliphatic imine (C=N–C) groups is 1. The first kappa shape index (κ1) is 18.4. The lowest BCUT2D eigenvalue weighted by Crippen LogP contribution is -2.36. The van der Waals surface area contributed by atoms with E-state index >= 15 is 0 Å². The molecule has 0 atom stereocenters. The summed E-state index contributed by atoms with van der Waals surface area (Å²) >= 11 is 0. The van der Waals surface area contributed by atoms with Gasteiger partial charge >= 0.3 is 0 Å². The van der Waals surface area contributed by atoms with Gasteiger partial charge in [-0.05, 0) is 31.5 Å². The largest absolute Gasteiger partial charge is 0.357 e. The fourth-order valence-electron chi connectivity index (χ4n) is 1.94. The van der Waals surface area contributed by atoms with Crippen molar-refractivity contribution in [1.82, 2.24) is 20.2 Å². The maximum Gasteiger partial charge on any atom is 0.191 e. The predicted octanol–water partition coefficient (Wildman–Crippen LogP) is 2.70. The quantitative estimate of drug-likeness (QED) is 0.447. The van der Waals surface area contributed by atoms with Crippen LogP contribution in [0.25, 0.3) is 5.69 Å². The summed E-state index contributed by atoms with van der Waals surface area (Å²) in [4.78, 5) is 8.34. The number of imidazole rings is 1. The molecule has 5 nitrogen and oxygen atoms in total. The van der Waals surface area contributed by atoms with Crippen LogP contribution in [0.1, 0.15) is 19.4 Å². The van der Waals surface area contributed by atoms with Crippen molar-refractivity contribution in [3.8, 4) is 5.69 Å². The molecule has 1 aromatic heterocycles. The highest BCUT2D eigenvalue weighted by Crippen LogP contribution is 2.15. The van der Waals surface area contributed by atoms with Gasteiger partial charge in [-0.15, -0.1) is 24.0 Å². The summed E-state index contributed by atoms with van der Waals surface area (Å²) in [5.41, 5.74) is 1.31. The molecule has 0 bridgehead atoms. The molecule has 0 aliphatic heterocycles. The predicted molar refractivity (Wildman–Crippen MR) is 97.4 cm³/mol. The molecular formula is C15H21FIN5. The van der Waals surface area contributed by atoms with Crippen molar-refractivity contribution >= 4 is 29.9 Å². The molecule has 0 amide bonds. The lowest BCUT2D eigenvalue weighted by Gasteiger charge is -2.09. The minimum Gasteiger partial charge on any atom is -0.357 e. The van der Waals surface area contributed by atoms with Crippen LogP contribution in [-0.2, 0) is 6.54 Å². The summed E-state index contributed by atoms with van der Waals surface area (Å²) in [5, 5.41) is 6.27. The molecule has 0 aliphatic carbocycles. The van der Waals surface area contributed by atoms with E-state index in [2.05, 4.69) is 20.6 Å². The molecule has 2 N–H and O–H groups in total. The van der Waals surface area contributed by atoms with Gasteiger partial charge in [-0.25, -0.2) is 14.4 Å². The lowest BCUT2D eigenvalue weighted by atomic mass is 10.2. The zero-order valence-corrected chi connectivity index (χ0v) is 15.0. The van der Waals surface area contributed by atoms with Gasteiger partial charge in [-0.3, -0.25) is 0 Å². The molecule has 0 unspecified atom stereocenters. The fourth-order valence-corrected chi connectivity index (χ4v) is 1.94. The Kier molecular flexibility index (Phi) is 7.86. The van der Waals surface area contributed by atoms with Gasteiger partial charge in [0, 0.05) is 25.5 Å². The summed E-state index contributed by atoms with van der Waals surface area (Å²) < 4.78 is 15.7. The fraction of sp³-hybridized carbons (Fsp3) is 0.333. The van der Waals surface area contributed by atoms with Gasteiger partial charge < -0.3 is 15.2 Å². The Labute approximate surface area is 147 Å². The van der Waals surface area contributed by atoms with E-state index in [0.29, 0.717) is 12.2 Å². The molecular weight excluding hydrogens is 396 g/mol. The van der Waals surface area contributed by atoms with E-state index in [4.69, 9.17) is 0 Å². The number of nitrogens with one attached hydrogen (secondary N) is 2. The maximum absolute atomic E-state index is 14.1. The number of halogens is 2. The Morgan fingerprint density at radius 2 is 2.00 bits per heavy atom. The molecule has 22 heavy (non-hydrogen) atoms. The minimum absolute atomic E-state index is 0. The lowest BCUT2D eigenvalue weighted by molar-refractivity contribution is 0.615. The molecule has 0 saturated carbocycles. The van der Waals surface area contributed by atoms with E-state index in [9.17, 15) is 4.39 Å². The minimum atomic E-state index is -0.283. The zero-order valence-electron chi connectivity index (χ0n) is 12.7. The van der Waals surface area contributed by atoms with Crippen molar-refractivity contribution in [2.24, 2.45) is 4.99 Å². The van der Waals surface area contributed by atoms with Gasteiger partial charge in [0.25, 0.3) is 0 Å². The van der Waals surface area contributed by atoms with Gasteiger partial charge in [0.1, 0.15) is 5.82 Å². The van der Waals surface area contributed by atoms with Crippen molar-refractivity contribution in [3.05, 3.63) is 48.3 Å². The van der Waals surface area contributed by atoms with E-state index < -0.39 is 0 Å². The molecule has 1 heterocycles. The molecule has 0 fully saturated rings. The highest BCUT2D eigenvalue weighted by Gasteiger charge is 2.05. The van der Waals surface area contributed by atoms with E-state index in [1.807, 2.05) is 19.9 Å². The summed E-state index contributed by atoms with van der Waals surface area (Å²) in [6.45, 7) is 6.02. The standard InChI is InChI=1S/C15H20FN5.HI/c1-3-18-15(19-4-2)20-10-12-5-6-14(13(16)9-12)21-8-7-17-11-21;/h5-9,11H,3-4,10H2,1-2H3,(H2,18,19,20);1H. The maximum atomic E-state index is 14.1. The number of nitrogens with zero attached hydrogens (tertiary/aromatic N) is 3. The normalized spacial score (nSPS) is 9.77. The van der Waals surface area contributed by atoms with Crippen LogP contribution in [0.15, 0.2) is 41.9 Å². The number of aromatic nitrogens is 2. The Balaban J connectivity index is 0.00000242. The van der Waals surface area contributed by atoms with Crippen LogP contribution in [0.4, 0.5) is 4.39 Å². The second kappa shape index (κ2) is 9.39. The average molecular weight is 417 g/mol. The third-order valence-electron chi connectivity index (χ3n) is 2.90. The molecule has 0 saturated heterocycles. The van der Waals surface area contributed by atoms with E-state index in [-0.39, 0.29) is 29.8 Å². The van der Waals surface area contributed by atoms with Gasteiger partial charge in [0.2, 0.25) is 0 Å². The van der Waals surface area contributed by atoms with E-state index in [0.717, 1.165) is 24.6 Å². The molecule has 7 heteroatoms. The number of benzene rings is 1. The van der Waals surface area contributed by atoms with Gasteiger partial charge in [-0.1, -0.05) is 6.07 Å². The summed E-state index contributed by atoms with van der Waals surface area (Å²) in [6, 6.07) is 5.12. The van der Waals surface area contributed by atoms with Crippen LogP contribution in [0.5, 0.6) is 0 Å². The Bertz CT molecular complexity index is 590. The van der Waals surface area contributed by atoms with E-state index in [1.54, 1.807) is 29.4 Å². The van der Waals surface area contributed by atoms with Crippen molar-refractivity contribution < 1.29 is 4.39 Å². The van der Waals surface area contributed by atoms with Crippen LogP contribution in [0.2, 0.25) is 0 Å². The molecule has 1 aromatic carbocycles. The third-order valence-corrected chi connectivity index (χ3v) is 2.90. The Hall–Kier alpha value is -1.64. The van der Waals surface area contributed by atoms with Gasteiger partial charge in [0.15, 0.2) is 5.96 Å². The third kappa shape index (κ3) is 4.97. The van der Waals surface area contributed by atoms with Gasteiger partial charge in [-0.2, -0.15) is 0 Å². The number of guanidine groups is 1. The Morgan fingerprint density at radius 1 is 1.27 bits per heavy atom. The van der Waals surface area contributed by atoms with E-state index in [1.165, 1.54) is 6.07 Å². The first-order valence-electron chi connectivity index (χ1n) is 7.03. The smallest absolute Gasteiger partial charge is 0.191 e. The first-order valence-corrected chi connectivity index (χ1v) is 7.03. The topological polar surface area (TPSA) is 54.2 Å². The number of rotatable bonds is 5. The van der Waals surface area contributed by atoms with Crippen molar-refractivity contribution in [2.75, 3.05) is 13.1 Å². The molecule has 0 radical (unpaired) electrons. The monoisotopic (exact) mass is 417 g/mol. The second-order valence-corrected chi connectivity index (χ2v) is 4.48. The Morgan fingerprint density at radius 3 is 2.55 bits per heavy atom. The highest BCUT2D eigenvalue weighted by molar-refractivity contribution is 14.0. The van der Waals surface area contributed by atoms with Crippen LogP contribution in [0, 0.1) is 5.82 Å². The molecule has 120 valence electrons. The van der Waals surface area contributed by atoms with Crippen molar-refractivity contribution in [1.29, 1.82) is 0 Å². The van der Waals surface area contributed by atoms with Crippen molar-refractivity contribution in [3.63, 3.8) is 0 Å². The van der Waals surface area contributed by atoms with Crippen LogP contribution < -0.4 is 10.6 Å². The number of hydrogen-bond acceptors (Lipinski definition) is 2. The van der Waals surface area contributed by atoms with Crippen LogP contribution >= 0.6 is 24.0 Å². The summed E-state index contributed by atoms with van der Waals surface area (Å²) in [6.07, 6.45) is 4.91. The molecule has 0 aliphatic rings. The molecule has 2 aromatic rings. The molecule has 0 spiro atoms. The van der Waals surface area contributed by atoms with Crippen molar-refractivity contribution in [2.45, 2.75) is 20.4 Å². The SMILES string of the molecule is CCNC(=NCc1ccc(-n2ccnc2)c(F)c1)NCC.I. The van der Waals surface area contributed by atoms with Crippen LogP contribution in [0.3, 0.4) is 0 Å². The molecule has 2 rings (SSSR count). The summed E-state index contributed by atoms with van der Waals surface area (Å²) in [7, 11) is 0. The highest BCUT2D eigenvalue weighted by atomic mass is 127. The number of hydrogen-bond donors (Lipinski definition) is 2. The zero-order chi connectivity index (χ0) is 15.1. The van der Waals surface area contributed by atoms with Gasteiger partial charge in [0.05, 0.1) is 18.6 Å².